The highest BCUT2D eigenvalue weighted by Crippen LogP contribution is 2.10. The fourth-order valence-corrected chi connectivity index (χ4v) is 2.56. The van der Waals surface area contributed by atoms with Gasteiger partial charge in [0.25, 0.3) is 0 Å². The molecule has 2 rings (SSSR count). The molecule has 4 nitrogen and oxygen atoms in total. The zero-order valence-corrected chi connectivity index (χ0v) is 15.3. The molecule has 126 valence electrons. The highest BCUT2D eigenvalue weighted by atomic mass is 79.9. The second-order valence-corrected chi connectivity index (χ2v) is 6.55. The monoisotopic (exact) mass is 388 g/mol. The lowest BCUT2D eigenvalue weighted by Crippen LogP contribution is -2.32. The number of carbonyl (C=O) groups is 2. The quantitative estimate of drug-likeness (QED) is 0.791. The Bertz CT molecular complexity index is 672. The first-order chi connectivity index (χ1) is 11.5. The molecule has 0 atom stereocenters. The zero-order chi connectivity index (χ0) is 17.4. The first-order valence-corrected chi connectivity index (χ1v) is 8.63. The first kappa shape index (κ1) is 18.2. The molecule has 0 aliphatic heterocycles. The number of rotatable bonds is 7. The first-order valence-electron chi connectivity index (χ1n) is 7.83. The maximum atomic E-state index is 12.1. The SMILES string of the molecule is CN(Cc1ccccc1)C(=O)CCNC(=O)Cc1ccc(Br)cc1. The van der Waals surface area contributed by atoms with Crippen LogP contribution in [0.1, 0.15) is 17.5 Å². The minimum Gasteiger partial charge on any atom is -0.355 e. The maximum Gasteiger partial charge on any atom is 0.224 e. The summed E-state index contributed by atoms with van der Waals surface area (Å²) in [5.74, 6) is -0.0568. The van der Waals surface area contributed by atoms with Crippen LogP contribution in [0, 0.1) is 0 Å². The Morgan fingerprint density at radius 2 is 1.67 bits per heavy atom. The van der Waals surface area contributed by atoms with Crippen molar-refractivity contribution in [2.75, 3.05) is 13.6 Å². The standard InChI is InChI=1S/C19H21BrN2O2/c1-22(14-16-5-3-2-4-6-16)19(24)11-12-21-18(23)13-15-7-9-17(20)10-8-15/h2-10H,11-14H2,1H3,(H,21,23). The minimum atomic E-state index is -0.0733. The number of hydrogen-bond acceptors (Lipinski definition) is 2. The normalized spacial score (nSPS) is 10.2. The smallest absolute Gasteiger partial charge is 0.224 e. The molecule has 0 aliphatic carbocycles. The van der Waals surface area contributed by atoms with Crippen molar-refractivity contribution in [3.63, 3.8) is 0 Å². The lowest BCUT2D eigenvalue weighted by molar-refractivity contribution is -0.130. The van der Waals surface area contributed by atoms with Gasteiger partial charge in [-0.05, 0) is 23.3 Å². The summed E-state index contributed by atoms with van der Waals surface area (Å²) in [5.41, 5.74) is 2.04. The predicted octanol–water partition coefficient (Wildman–Crippen LogP) is 3.16. The molecule has 5 heteroatoms. The molecule has 0 bridgehead atoms. The topological polar surface area (TPSA) is 49.4 Å². The third-order valence-corrected chi connectivity index (χ3v) is 4.16. The number of nitrogens with one attached hydrogen (secondary N) is 1. The van der Waals surface area contributed by atoms with Crippen LogP contribution in [0.4, 0.5) is 0 Å². The highest BCUT2D eigenvalue weighted by Gasteiger charge is 2.10. The number of amides is 2. The average Bonchev–Trinajstić information content (AvgIpc) is 2.57. The molecule has 2 amide bonds. The van der Waals surface area contributed by atoms with E-state index in [1.165, 1.54) is 0 Å². The molecular formula is C19H21BrN2O2. The van der Waals surface area contributed by atoms with Gasteiger partial charge >= 0.3 is 0 Å². The number of nitrogens with zero attached hydrogens (tertiary/aromatic N) is 1. The third kappa shape index (κ3) is 6.16. The van der Waals surface area contributed by atoms with Crippen LogP contribution in [-0.2, 0) is 22.6 Å². The lowest BCUT2D eigenvalue weighted by atomic mass is 10.1. The van der Waals surface area contributed by atoms with Crippen LogP contribution >= 0.6 is 15.9 Å². The van der Waals surface area contributed by atoms with Gasteiger partial charge in [-0.25, -0.2) is 0 Å². The van der Waals surface area contributed by atoms with Crippen LogP contribution in [0.25, 0.3) is 0 Å². The number of benzene rings is 2. The van der Waals surface area contributed by atoms with Crippen molar-refractivity contribution in [2.24, 2.45) is 0 Å². The van der Waals surface area contributed by atoms with Crippen molar-refractivity contribution in [3.05, 3.63) is 70.2 Å². The zero-order valence-electron chi connectivity index (χ0n) is 13.7. The molecule has 0 radical (unpaired) electrons. The molecule has 1 N–H and O–H groups in total. The Hall–Kier alpha value is -2.14. The van der Waals surface area contributed by atoms with Crippen molar-refractivity contribution in [3.8, 4) is 0 Å². The maximum absolute atomic E-state index is 12.1. The van der Waals surface area contributed by atoms with Gasteiger partial charge in [-0.3, -0.25) is 9.59 Å². The van der Waals surface area contributed by atoms with E-state index in [1.54, 1.807) is 11.9 Å². The van der Waals surface area contributed by atoms with Crippen LogP contribution in [0.2, 0.25) is 0 Å². The van der Waals surface area contributed by atoms with Crippen molar-refractivity contribution in [1.29, 1.82) is 0 Å². The molecule has 24 heavy (non-hydrogen) atoms. The average molecular weight is 389 g/mol. The molecule has 2 aromatic rings. The molecule has 0 saturated heterocycles. The summed E-state index contributed by atoms with van der Waals surface area (Å²) in [6.45, 7) is 0.930. The van der Waals surface area contributed by atoms with Gasteiger partial charge in [-0.1, -0.05) is 58.4 Å². The molecule has 0 fully saturated rings. The molecule has 0 aromatic heterocycles. The van der Waals surface area contributed by atoms with Crippen molar-refractivity contribution in [1.82, 2.24) is 10.2 Å². The second kappa shape index (κ2) is 9.23. The predicted molar refractivity (Wildman–Crippen MR) is 98.4 cm³/mol. The van der Waals surface area contributed by atoms with E-state index in [0.29, 0.717) is 25.9 Å². The molecule has 0 unspecified atom stereocenters. The Balaban J connectivity index is 1.69. The van der Waals surface area contributed by atoms with Gasteiger partial charge < -0.3 is 10.2 Å². The lowest BCUT2D eigenvalue weighted by Gasteiger charge is -2.17. The summed E-state index contributed by atoms with van der Waals surface area (Å²) in [7, 11) is 1.78. The molecule has 0 saturated carbocycles. The number of carbonyl (C=O) groups excluding carboxylic acids is 2. The van der Waals surface area contributed by atoms with Crippen LogP contribution in [0.15, 0.2) is 59.1 Å². The van der Waals surface area contributed by atoms with Crippen LogP contribution in [0.3, 0.4) is 0 Å². The molecular weight excluding hydrogens is 368 g/mol. The van der Waals surface area contributed by atoms with Gasteiger partial charge in [-0.2, -0.15) is 0 Å². The van der Waals surface area contributed by atoms with Gasteiger partial charge in [-0.15, -0.1) is 0 Å². The Morgan fingerprint density at radius 3 is 2.33 bits per heavy atom. The summed E-state index contributed by atoms with van der Waals surface area (Å²) in [6, 6.07) is 17.5. The summed E-state index contributed by atoms with van der Waals surface area (Å²) < 4.78 is 0.985. The third-order valence-electron chi connectivity index (χ3n) is 3.63. The fraction of sp³-hybridized carbons (Fsp3) is 0.263. The molecule has 2 aromatic carbocycles. The van der Waals surface area contributed by atoms with E-state index >= 15 is 0 Å². The Morgan fingerprint density at radius 1 is 1.00 bits per heavy atom. The minimum absolute atomic E-state index is 0.0165. The highest BCUT2D eigenvalue weighted by molar-refractivity contribution is 9.10. The summed E-state index contributed by atoms with van der Waals surface area (Å²) in [5, 5.41) is 2.80. The van der Waals surface area contributed by atoms with Gasteiger partial charge in [0, 0.05) is 31.0 Å². The number of halogens is 1. The summed E-state index contributed by atoms with van der Waals surface area (Å²) in [4.78, 5) is 25.7. The van der Waals surface area contributed by atoms with E-state index in [0.717, 1.165) is 15.6 Å². The fourth-order valence-electron chi connectivity index (χ4n) is 2.30. The Labute approximate surface area is 151 Å². The molecule has 0 spiro atoms. The van der Waals surface area contributed by atoms with Crippen LogP contribution < -0.4 is 5.32 Å². The van der Waals surface area contributed by atoms with E-state index in [2.05, 4.69) is 21.2 Å². The largest absolute Gasteiger partial charge is 0.355 e. The summed E-state index contributed by atoms with van der Waals surface area (Å²) >= 11 is 3.36. The van der Waals surface area contributed by atoms with E-state index in [4.69, 9.17) is 0 Å². The second-order valence-electron chi connectivity index (χ2n) is 5.64. The van der Waals surface area contributed by atoms with Crippen molar-refractivity contribution in [2.45, 2.75) is 19.4 Å². The summed E-state index contributed by atoms with van der Waals surface area (Å²) in [6.07, 6.45) is 0.622. The molecule has 0 aliphatic rings. The van der Waals surface area contributed by atoms with Crippen LogP contribution in [-0.4, -0.2) is 30.3 Å². The van der Waals surface area contributed by atoms with Gasteiger partial charge in [0.2, 0.25) is 11.8 Å². The van der Waals surface area contributed by atoms with E-state index in [-0.39, 0.29) is 11.8 Å². The van der Waals surface area contributed by atoms with Crippen LogP contribution in [0.5, 0.6) is 0 Å². The van der Waals surface area contributed by atoms with E-state index in [9.17, 15) is 9.59 Å². The van der Waals surface area contributed by atoms with Crippen molar-refractivity contribution < 1.29 is 9.59 Å². The number of hydrogen-bond donors (Lipinski definition) is 1. The van der Waals surface area contributed by atoms with E-state index in [1.807, 2.05) is 54.6 Å². The van der Waals surface area contributed by atoms with E-state index < -0.39 is 0 Å². The molecule has 0 heterocycles. The van der Waals surface area contributed by atoms with Gasteiger partial charge in [0.05, 0.1) is 6.42 Å². The van der Waals surface area contributed by atoms with Gasteiger partial charge in [0.15, 0.2) is 0 Å². The van der Waals surface area contributed by atoms with Gasteiger partial charge in [0.1, 0.15) is 0 Å². The van der Waals surface area contributed by atoms with Crippen molar-refractivity contribution >= 4 is 27.7 Å². The Kier molecular flexibility index (Phi) is 7.00.